The van der Waals surface area contributed by atoms with E-state index in [9.17, 15) is 26.4 Å². The Kier molecular flexibility index (Phi) is 5.21. The minimum Gasteiger partial charge on any atom is -0.366 e. The summed E-state index contributed by atoms with van der Waals surface area (Å²) in [6, 6.07) is 3.26. The number of halogens is 3. The van der Waals surface area contributed by atoms with E-state index in [0.29, 0.717) is 13.1 Å². The Morgan fingerprint density at radius 2 is 1.79 bits per heavy atom. The van der Waals surface area contributed by atoms with Gasteiger partial charge in [0.15, 0.2) is 0 Å². The molecule has 0 spiro atoms. The number of nitrogens with two attached hydrogens (primary N) is 1. The number of nitrogens with zero attached hydrogens (tertiary/aromatic N) is 2. The van der Waals surface area contributed by atoms with Crippen molar-refractivity contribution in [1.29, 1.82) is 0 Å². The fourth-order valence-electron chi connectivity index (χ4n) is 2.59. The third-order valence-electron chi connectivity index (χ3n) is 3.89. The Morgan fingerprint density at radius 1 is 1.21 bits per heavy atom. The van der Waals surface area contributed by atoms with Crippen LogP contribution < -0.4 is 5.73 Å². The van der Waals surface area contributed by atoms with E-state index in [4.69, 9.17) is 5.73 Å². The van der Waals surface area contributed by atoms with Crippen LogP contribution in [-0.4, -0.2) is 56.0 Å². The molecular formula is C14H18F3N3O3S. The van der Waals surface area contributed by atoms with Crippen LogP contribution in [0.5, 0.6) is 0 Å². The summed E-state index contributed by atoms with van der Waals surface area (Å²) in [6.45, 7) is 1.16. The van der Waals surface area contributed by atoms with E-state index in [2.05, 4.69) is 0 Å². The largest absolute Gasteiger partial charge is 0.416 e. The predicted octanol–water partition coefficient (Wildman–Crippen LogP) is 0.882. The third kappa shape index (κ3) is 4.46. The maximum Gasteiger partial charge on any atom is 0.416 e. The third-order valence-corrected chi connectivity index (χ3v) is 5.20. The van der Waals surface area contributed by atoms with Crippen molar-refractivity contribution in [2.75, 3.05) is 32.4 Å². The molecule has 2 N–H and O–H groups in total. The standard InChI is InChI=1S/C14H18F3N3O3S/c1-24(22,23)20-6-4-19(5-7-20)9-11-3-2-10(13(18)21)8-12(11)14(15,16)17/h2-3,8H,4-7,9H2,1H3,(H2,18,21). The molecule has 1 fully saturated rings. The number of piperazine rings is 1. The lowest BCUT2D eigenvalue weighted by Gasteiger charge is -2.33. The highest BCUT2D eigenvalue weighted by molar-refractivity contribution is 7.88. The number of hydrogen-bond donors (Lipinski definition) is 1. The molecule has 1 aliphatic rings. The number of primary amides is 1. The molecule has 0 saturated carbocycles. The van der Waals surface area contributed by atoms with Gasteiger partial charge in [-0.05, 0) is 17.7 Å². The number of alkyl halides is 3. The lowest BCUT2D eigenvalue weighted by atomic mass is 10.0. The van der Waals surface area contributed by atoms with Crippen molar-refractivity contribution < 1.29 is 26.4 Å². The molecule has 2 rings (SSSR count). The maximum absolute atomic E-state index is 13.2. The first-order chi connectivity index (χ1) is 11.0. The van der Waals surface area contributed by atoms with Crippen molar-refractivity contribution in [2.45, 2.75) is 12.7 Å². The van der Waals surface area contributed by atoms with Crippen LogP contribution in [0.1, 0.15) is 21.5 Å². The van der Waals surface area contributed by atoms with Crippen LogP contribution in [0, 0.1) is 0 Å². The number of hydrogen-bond acceptors (Lipinski definition) is 4. The normalized spacial score (nSPS) is 17.8. The zero-order valence-electron chi connectivity index (χ0n) is 13.0. The van der Waals surface area contributed by atoms with E-state index in [-0.39, 0.29) is 30.8 Å². The van der Waals surface area contributed by atoms with Crippen molar-refractivity contribution in [3.8, 4) is 0 Å². The summed E-state index contributed by atoms with van der Waals surface area (Å²) >= 11 is 0. The van der Waals surface area contributed by atoms with Gasteiger partial charge in [-0.1, -0.05) is 6.07 Å². The number of rotatable bonds is 4. The zero-order valence-corrected chi connectivity index (χ0v) is 13.8. The molecule has 1 saturated heterocycles. The highest BCUT2D eigenvalue weighted by atomic mass is 32.2. The Hall–Kier alpha value is -1.65. The number of amides is 1. The molecule has 24 heavy (non-hydrogen) atoms. The van der Waals surface area contributed by atoms with Gasteiger partial charge in [-0.15, -0.1) is 0 Å². The van der Waals surface area contributed by atoms with Crippen molar-refractivity contribution in [3.63, 3.8) is 0 Å². The Balaban J connectivity index is 2.17. The Morgan fingerprint density at radius 3 is 2.25 bits per heavy atom. The molecular weight excluding hydrogens is 347 g/mol. The van der Waals surface area contributed by atoms with E-state index < -0.39 is 27.7 Å². The van der Waals surface area contributed by atoms with Crippen LogP contribution in [0.4, 0.5) is 13.2 Å². The first-order valence-electron chi connectivity index (χ1n) is 7.16. The molecule has 0 aliphatic carbocycles. The smallest absolute Gasteiger partial charge is 0.366 e. The van der Waals surface area contributed by atoms with E-state index >= 15 is 0 Å². The molecule has 1 heterocycles. The molecule has 6 nitrogen and oxygen atoms in total. The Labute approximate surface area is 138 Å². The number of benzene rings is 1. The molecule has 0 bridgehead atoms. The highest BCUT2D eigenvalue weighted by Gasteiger charge is 2.34. The van der Waals surface area contributed by atoms with Crippen molar-refractivity contribution in [3.05, 3.63) is 34.9 Å². The van der Waals surface area contributed by atoms with E-state index in [1.807, 2.05) is 0 Å². The van der Waals surface area contributed by atoms with Crippen LogP contribution in [-0.2, 0) is 22.7 Å². The predicted molar refractivity (Wildman–Crippen MR) is 81.7 cm³/mol. The number of carbonyl (C=O) groups excluding carboxylic acids is 1. The lowest BCUT2D eigenvalue weighted by molar-refractivity contribution is -0.138. The summed E-state index contributed by atoms with van der Waals surface area (Å²) in [4.78, 5) is 12.8. The van der Waals surface area contributed by atoms with Gasteiger partial charge >= 0.3 is 6.18 Å². The van der Waals surface area contributed by atoms with Crippen molar-refractivity contribution >= 4 is 15.9 Å². The van der Waals surface area contributed by atoms with Gasteiger partial charge in [-0.3, -0.25) is 9.69 Å². The molecule has 0 unspecified atom stereocenters. The summed E-state index contributed by atoms with van der Waals surface area (Å²) in [5.74, 6) is -0.922. The molecule has 134 valence electrons. The van der Waals surface area contributed by atoms with Gasteiger partial charge in [0.05, 0.1) is 11.8 Å². The quantitative estimate of drug-likeness (QED) is 0.859. The number of sulfonamides is 1. The molecule has 1 amide bonds. The van der Waals surface area contributed by atoms with E-state index in [1.165, 1.54) is 16.4 Å². The summed E-state index contributed by atoms with van der Waals surface area (Å²) < 4.78 is 63.8. The second kappa shape index (κ2) is 6.69. The van der Waals surface area contributed by atoms with Crippen LogP contribution >= 0.6 is 0 Å². The summed E-state index contributed by atoms with van der Waals surface area (Å²) in [7, 11) is -3.29. The lowest BCUT2D eigenvalue weighted by Crippen LogP contribution is -2.47. The fraction of sp³-hybridized carbons (Fsp3) is 0.500. The van der Waals surface area contributed by atoms with Gasteiger partial charge in [0.2, 0.25) is 15.9 Å². The molecule has 0 radical (unpaired) electrons. The maximum atomic E-state index is 13.2. The topological polar surface area (TPSA) is 83.7 Å². The second-order valence-electron chi connectivity index (χ2n) is 5.67. The average molecular weight is 365 g/mol. The fourth-order valence-corrected chi connectivity index (χ4v) is 3.42. The van der Waals surface area contributed by atoms with Crippen LogP contribution in [0.2, 0.25) is 0 Å². The molecule has 0 atom stereocenters. The first kappa shape index (κ1) is 18.7. The first-order valence-corrected chi connectivity index (χ1v) is 9.00. The monoisotopic (exact) mass is 365 g/mol. The van der Waals surface area contributed by atoms with Gasteiger partial charge in [0.1, 0.15) is 0 Å². The van der Waals surface area contributed by atoms with E-state index in [1.54, 1.807) is 4.90 Å². The summed E-state index contributed by atoms with van der Waals surface area (Å²) in [6.07, 6.45) is -3.50. The van der Waals surface area contributed by atoms with Crippen molar-refractivity contribution in [1.82, 2.24) is 9.21 Å². The molecule has 0 aromatic heterocycles. The van der Waals surface area contributed by atoms with E-state index in [0.717, 1.165) is 12.3 Å². The van der Waals surface area contributed by atoms with Gasteiger partial charge in [-0.25, -0.2) is 8.42 Å². The van der Waals surface area contributed by atoms with Gasteiger partial charge in [-0.2, -0.15) is 17.5 Å². The summed E-state index contributed by atoms with van der Waals surface area (Å²) in [5.41, 5.74) is 3.97. The summed E-state index contributed by atoms with van der Waals surface area (Å²) in [5, 5.41) is 0. The zero-order chi connectivity index (χ0) is 18.1. The van der Waals surface area contributed by atoms with Crippen molar-refractivity contribution in [2.24, 2.45) is 5.73 Å². The average Bonchev–Trinajstić information content (AvgIpc) is 2.46. The van der Waals surface area contributed by atoms with Crippen LogP contribution in [0.15, 0.2) is 18.2 Å². The minimum atomic E-state index is -4.60. The van der Waals surface area contributed by atoms with Gasteiger partial charge < -0.3 is 5.73 Å². The SMILES string of the molecule is CS(=O)(=O)N1CCN(Cc2ccc(C(N)=O)cc2C(F)(F)F)CC1. The van der Waals surface area contributed by atoms with Gasteiger partial charge in [0, 0.05) is 38.3 Å². The molecule has 10 heteroatoms. The Bertz CT molecular complexity index is 727. The highest BCUT2D eigenvalue weighted by Crippen LogP contribution is 2.33. The second-order valence-corrected chi connectivity index (χ2v) is 7.65. The van der Waals surface area contributed by atoms with Crippen LogP contribution in [0.25, 0.3) is 0 Å². The van der Waals surface area contributed by atoms with Crippen LogP contribution in [0.3, 0.4) is 0 Å². The minimum absolute atomic E-state index is 0.0193. The van der Waals surface area contributed by atoms with Gasteiger partial charge in [0.25, 0.3) is 0 Å². The molecule has 1 aromatic rings. The number of carbonyl (C=O) groups is 1. The molecule has 1 aliphatic heterocycles. The molecule has 1 aromatic carbocycles.